The summed E-state index contributed by atoms with van der Waals surface area (Å²) in [5, 5.41) is 8.91. The molecule has 21 heavy (non-hydrogen) atoms. The predicted octanol–water partition coefficient (Wildman–Crippen LogP) is 3.22. The van der Waals surface area contributed by atoms with Gasteiger partial charge in [0, 0.05) is 11.3 Å². The van der Waals surface area contributed by atoms with Crippen LogP contribution in [0.4, 0.5) is 5.69 Å². The molecule has 0 fully saturated rings. The first kappa shape index (κ1) is 15.2. The van der Waals surface area contributed by atoms with Crippen LogP contribution in [0.2, 0.25) is 0 Å². The van der Waals surface area contributed by atoms with E-state index in [4.69, 9.17) is 23.1 Å². The Kier molecular flexibility index (Phi) is 4.70. The molecule has 0 amide bonds. The molecule has 0 aliphatic rings. The van der Waals surface area contributed by atoms with Gasteiger partial charge in [0.15, 0.2) is 0 Å². The molecule has 0 saturated carbocycles. The number of carboxylic acids is 1. The Labute approximate surface area is 129 Å². The summed E-state index contributed by atoms with van der Waals surface area (Å²) in [6.45, 7) is 2.10. The molecule has 4 heteroatoms. The number of aliphatic carboxylic acids is 1. The Bertz CT molecular complexity index is 678. The third-order valence-corrected chi connectivity index (χ3v) is 3.86. The van der Waals surface area contributed by atoms with E-state index in [2.05, 4.69) is 6.92 Å². The Morgan fingerprint density at radius 3 is 2.43 bits per heavy atom. The zero-order valence-electron chi connectivity index (χ0n) is 11.8. The van der Waals surface area contributed by atoms with Crippen molar-refractivity contribution in [3.8, 4) is 0 Å². The van der Waals surface area contributed by atoms with Crippen LogP contribution in [0.25, 0.3) is 0 Å². The maximum atomic E-state index is 10.9. The second-order valence-electron chi connectivity index (χ2n) is 4.83. The molecule has 108 valence electrons. The largest absolute Gasteiger partial charge is 0.481 e. The van der Waals surface area contributed by atoms with Gasteiger partial charge in [-0.1, -0.05) is 61.6 Å². The zero-order chi connectivity index (χ0) is 15.4. The molecular formula is C17H17NO2S. The van der Waals surface area contributed by atoms with Crippen molar-refractivity contribution in [2.45, 2.75) is 19.8 Å². The summed E-state index contributed by atoms with van der Waals surface area (Å²) in [5.74, 6) is -0.905. The van der Waals surface area contributed by atoms with E-state index in [0.717, 1.165) is 12.0 Å². The molecule has 0 radical (unpaired) electrons. The number of rotatable bonds is 5. The Hall–Kier alpha value is -2.20. The Morgan fingerprint density at radius 1 is 1.19 bits per heavy atom. The number of carboxylic acid groups (broad SMARTS) is 1. The van der Waals surface area contributed by atoms with Gasteiger partial charge in [-0.3, -0.25) is 4.79 Å². The average Bonchev–Trinajstić information content (AvgIpc) is 2.48. The second-order valence-corrected chi connectivity index (χ2v) is 5.24. The van der Waals surface area contributed by atoms with Crippen molar-refractivity contribution in [2.24, 2.45) is 0 Å². The van der Waals surface area contributed by atoms with Crippen LogP contribution in [0.5, 0.6) is 0 Å². The highest BCUT2D eigenvalue weighted by molar-refractivity contribution is 7.81. The molecule has 0 unspecified atom stereocenters. The van der Waals surface area contributed by atoms with Gasteiger partial charge in [0.1, 0.15) is 0 Å². The molecule has 0 aliphatic carbocycles. The fourth-order valence-corrected chi connectivity index (χ4v) is 2.49. The molecule has 3 nitrogen and oxygen atoms in total. The lowest BCUT2D eigenvalue weighted by Crippen LogP contribution is -2.09. The fourth-order valence-electron chi connectivity index (χ4n) is 2.18. The van der Waals surface area contributed by atoms with Crippen LogP contribution < -0.4 is 5.73 Å². The lowest BCUT2D eigenvalue weighted by Gasteiger charge is -2.11. The smallest absolute Gasteiger partial charge is 0.307 e. The van der Waals surface area contributed by atoms with Crippen LogP contribution in [0, 0.1) is 0 Å². The van der Waals surface area contributed by atoms with E-state index in [-0.39, 0.29) is 6.42 Å². The van der Waals surface area contributed by atoms with E-state index in [9.17, 15) is 4.79 Å². The maximum absolute atomic E-state index is 10.9. The molecule has 2 aromatic carbocycles. The number of hydrogen-bond donors (Lipinski definition) is 2. The van der Waals surface area contributed by atoms with Gasteiger partial charge < -0.3 is 10.8 Å². The maximum Gasteiger partial charge on any atom is 0.307 e. The third kappa shape index (κ3) is 3.47. The van der Waals surface area contributed by atoms with Crippen molar-refractivity contribution in [3.05, 3.63) is 64.7 Å². The van der Waals surface area contributed by atoms with Crippen LogP contribution in [0.3, 0.4) is 0 Å². The van der Waals surface area contributed by atoms with Crippen LogP contribution in [-0.4, -0.2) is 15.9 Å². The number of hydrogen-bond acceptors (Lipinski definition) is 3. The minimum absolute atomic E-state index is 0.100. The summed E-state index contributed by atoms with van der Waals surface area (Å²) >= 11 is 5.50. The summed E-state index contributed by atoms with van der Waals surface area (Å²) in [7, 11) is 0. The molecular weight excluding hydrogens is 282 g/mol. The summed E-state index contributed by atoms with van der Waals surface area (Å²) in [4.78, 5) is 11.5. The molecule has 0 aliphatic heterocycles. The number of para-hydroxylation sites is 1. The minimum atomic E-state index is -0.905. The van der Waals surface area contributed by atoms with Crippen molar-refractivity contribution in [1.29, 1.82) is 0 Å². The first-order chi connectivity index (χ1) is 10.0. The molecule has 2 aromatic rings. The van der Waals surface area contributed by atoms with Crippen LogP contribution in [0.15, 0.2) is 42.5 Å². The number of nitrogen functional groups attached to an aromatic ring is 1. The van der Waals surface area contributed by atoms with Gasteiger partial charge in [-0.15, -0.1) is 0 Å². The lowest BCUT2D eigenvalue weighted by molar-refractivity contribution is -0.136. The van der Waals surface area contributed by atoms with Crippen LogP contribution in [-0.2, 0) is 17.6 Å². The zero-order valence-corrected chi connectivity index (χ0v) is 12.6. The summed E-state index contributed by atoms with van der Waals surface area (Å²) in [6, 6.07) is 13.4. The van der Waals surface area contributed by atoms with Gasteiger partial charge >= 0.3 is 5.97 Å². The number of benzene rings is 2. The van der Waals surface area contributed by atoms with Gasteiger partial charge in [0.25, 0.3) is 0 Å². The van der Waals surface area contributed by atoms with Crippen molar-refractivity contribution in [3.63, 3.8) is 0 Å². The minimum Gasteiger partial charge on any atom is -0.481 e. The van der Waals surface area contributed by atoms with Crippen LogP contribution in [0.1, 0.15) is 29.2 Å². The standard InChI is InChI=1S/C17H17NO2S/c1-2-11-6-8-12(9-7-11)17(21)14-5-3-4-13(16(14)18)10-15(19)20/h3-9H,2,10,18H2,1H3,(H,19,20). The highest BCUT2D eigenvalue weighted by atomic mass is 32.1. The van der Waals surface area contributed by atoms with E-state index in [1.165, 1.54) is 5.56 Å². The first-order valence-corrected chi connectivity index (χ1v) is 7.16. The normalized spacial score (nSPS) is 10.3. The molecule has 0 aromatic heterocycles. The first-order valence-electron chi connectivity index (χ1n) is 6.75. The van der Waals surface area contributed by atoms with Gasteiger partial charge in [0.05, 0.1) is 11.3 Å². The molecule has 0 atom stereocenters. The number of aryl methyl sites for hydroxylation is 1. The quantitative estimate of drug-likeness (QED) is 0.505. The van der Waals surface area contributed by atoms with Gasteiger partial charge in [-0.05, 0) is 23.1 Å². The number of thiocarbonyl (C=S) groups is 1. The SMILES string of the molecule is CCc1ccc(C(=S)c2cccc(CC(=O)O)c2N)cc1. The molecule has 3 N–H and O–H groups in total. The van der Waals surface area contributed by atoms with Gasteiger partial charge in [-0.2, -0.15) is 0 Å². The van der Waals surface area contributed by atoms with E-state index >= 15 is 0 Å². The second kappa shape index (κ2) is 6.50. The number of anilines is 1. The monoisotopic (exact) mass is 299 g/mol. The van der Waals surface area contributed by atoms with Crippen molar-refractivity contribution in [2.75, 3.05) is 5.73 Å². The third-order valence-electron chi connectivity index (χ3n) is 3.41. The Balaban J connectivity index is 2.36. The molecule has 0 spiro atoms. The fraction of sp³-hybridized carbons (Fsp3) is 0.176. The van der Waals surface area contributed by atoms with Crippen molar-refractivity contribution < 1.29 is 9.90 Å². The van der Waals surface area contributed by atoms with E-state index in [1.807, 2.05) is 30.3 Å². The number of carbonyl (C=O) groups is 1. The van der Waals surface area contributed by atoms with E-state index < -0.39 is 5.97 Å². The highest BCUT2D eigenvalue weighted by Crippen LogP contribution is 2.22. The van der Waals surface area contributed by atoms with Crippen LogP contribution >= 0.6 is 12.2 Å². The highest BCUT2D eigenvalue weighted by Gasteiger charge is 2.12. The summed E-state index contributed by atoms with van der Waals surface area (Å²) < 4.78 is 0. The molecule has 0 heterocycles. The number of nitrogens with two attached hydrogens (primary N) is 1. The predicted molar refractivity (Wildman–Crippen MR) is 88.8 cm³/mol. The lowest BCUT2D eigenvalue weighted by atomic mass is 9.98. The van der Waals surface area contributed by atoms with E-state index in [0.29, 0.717) is 21.7 Å². The van der Waals surface area contributed by atoms with Gasteiger partial charge in [-0.25, -0.2) is 0 Å². The topological polar surface area (TPSA) is 63.3 Å². The average molecular weight is 299 g/mol. The Morgan fingerprint density at radius 2 is 1.86 bits per heavy atom. The van der Waals surface area contributed by atoms with Crippen molar-refractivity contribution >= 4 is 28.7 Å². The summed E-state index contributed by atoms with van der Waals surface area (Å²) in [5.41, 5.74) is 9.99. The van der Waals surface area contributed by atoms with E-state index in [1.54, 1.807) is 12.1 Å². The molecule has 0 bridgehead atoms. The van der Waals surface area contributed by atoms with Crippen molar-refractivity contribution in [1.82, 2.24) is 0 Å². The molecule has 0 saturated heterocycles. The molecule has 2 rings (SSSR count). The van der Waals surface area contributed by atoms with Gasteiger partial charge in [0.2, 0.25) is 0 Å². The summed E-state index contributed by atoms with van der Waals surface area (Å²) in [6.07, 6.45) is 0.875.